The smallest absolute Gasteiger partial charge is 0.265 e. The van der Waals surface area contributed by atoms with Gasteiger partial charge in [0.15, 0.2) is 0 Å². The minimum absolute atomic E-state index is 0.0897. The number of carbonyl (C=O) groups excluding carboxylic acids is 1. The molecule has 0 unspecified atom stereocenters. The van der Waals surface area contributed by atoms with Crippen LogP contribution in [0.5, 0.6) is 5.75 Å². The van der Waals surface area contributed by atoms with Crippen LogP contribution in [0.1, 0.15) is 46.1 Å². The maximum Gasteiger partial charge on any atom is 0.265 e. The second-order valence-electron chi connectivity index (χ2n) is 6.66. The normalized spacial score (nSPS) is 10.8. The zero-order valence-corrected chi connectivity index (χ0v) is 16.1. The molecule has 0 atom stereocenters. The molecule has 0 bridgehead atoms. The lowest BCUT2D eigenvalue weighted by molar-refractivity contribution is 0.103. The molecule has 0 aliphatic heterocycles. The number of benzene rings is 2. The second-order valence-corrected chi connectivity index (χ2v) is 7.57. The van der Waals surface area contributed by atoms with Crippen LogP contribution in [0.25, 0.3) is 0 Å². The predicted octanol–water partition coefficient (Wildman–Crippen LogP) is 6.01. The SMILES string of the molecule is Cc1cccc(NC(=O)c2cc(COc3ccc(C(C)C)cc3)cs2)c1. The van der Waals surface area contributed by atoms with Crippen molar-refractivity contribution in [1.82, 2.24) is 0 Å². The molecule has 0 aliphatic carbocycles. The maximum absolute atomic E-state index is 12.4. The van der Waals surface area contributed by atoms with Gasteiger partial charge in [0.1, 0.15) is 12.4 Å². The van der Waals surface area contributed by atoms with E-state index in [1.807, 2.05) is 54.8 Å². The molecule has 0 saturated heterocycles. The molecule has 26 heavy (non-hydrogen) atoms. The molecule has 3 aromatic rings. The van der Waals surface area contributed by atoms with Crippen molar-refractivity contribution in [2.45, 2.75) is 33.3 Å². The molecule has 2 aromatic carbocycles. The van der Waals surface area contributed by atoms with Gasteiger partial charge in [0.2, 0.25) is 0 Å². The summed E-state index contributed by atoms with van der Waals surface area (Å²) in [7, 11) is 0. The Labute approximate surface area is 158 Å². The summed E-state index contributed by atoms with van der Waals surface area (Å²) in [6.45, 7) is 6.80. The third kappa shape index (κ3) is 4.73. The molecule has 4 heteroatoms. The van der Waals surface area contributed by atoms with Crippen molar-refractivity contribution in [3.05, 3.63) is 81.5 Å². The summed E-state index contributed by atoms with van der Waals surface area (Å²) >= 11 is 1.43. The highest BCUT2D eigenvalue weighted by Crippen LogP contribution is 2.22. The van der Waals surface area contributed by atoms with Crippen LogP contribution < -0.4 is 10.1 Å². The average Bonchev–Trinajstić information content (AvgIpc) is 3.09. The highest BCUT2D eigenvalue weighted by atomic mass is 32.1. The molecule has 1 N–H and O–H groups in total. The van der Waals surface area contributed by atoms with Gasteiger partial charge in [-0.05, 0) is 59.7 Å². The Morgan fingerprint density at radius 3 is 2.58 bits per heavy atom. The lowest BCUT2D eigenvalue weighted by atomic mass is 10.0. The van der Waals surface area contributed by atoms with Gasteiger partial charge in [-0.2, -0.15) is 0 Å². The van der Waals surface area contributed by atoms with E-state index in [-0.39, 0.29) is 5.91 Å². The first-order valence-electron chi connectivity index (χ1n) is 8.69. The van der Waals surface area contributed by atoms with Gasteiger partial charge in [-0.15, -0.1) is 11.3 Å². The van der Waals surface area contributed by atoms with Crippen molar-refractivity contribution in [2.24, 2.45) is 0 Å². The summed E-state index contributed by atoms with van der Waals surface area (Å²) in [5.41, 5.74) is 4.22. The van der Waals surface area contributed by atoms with Crippen molar-refractivity contribution in [3.63, 3.8) is 0 Å². The van der Waals surface area contributed by atoms with Gasteiger partial charge in [0.25, 0.3) is 5.91 Å². The largest absolute Gasteiger partial charge is 0.489 e. The molecule has 3 rings (SSSR count). The van der Waals surface area contributed by atoms with Crippen molar-refractivity contribution in [1.29, 1.82) is 0 Å². The van der Waals surface area contributed by atoms with Crippen molar-refractivity contribution in [2.75, 3.05) is 5.32 Å². The zero-order valence-electron chi connectivity index (χ0n) is 15.3. The summed E-state index contributed by atoms with van der Waals surface area (Å²) in [4.78, 5) is 13.1. The van der Waals surface area contributed by atoms with Gasteiger partial charge in [0.05, 0.1) is 4.88 Å². The van der Waals surface area contributed by atoms with E-state index < -0.39 is 0 Å². The second kappa shape index (κ2) is 8.19. The van der Waals surface area contributed by atoms with Crippen molar-refractivity contribution in [3.8, 4) is 5.75 Å². The van der Waals surface area contributed by atoms with E-state index in [0.717, 1.165) is 22.6 Å². The molecule has 1 heterocycles. The van der Waals surface area contributed by atoms with Crippen LogP contribution in [0, 0.1) is 6.92 Å². The molecular formula is C22H23NO2S. The van der Waals surface area contributed by atoms with Crippen LogP contribution >= 0.6 is 11.3 Å². The molecule has 0 radical (unpaired) electrons. The highest BCUT2D eigenvalue weighted by molar-refractivity contribution is 7.12. The topological polar surface area (TPSA) is 38.3 Å². The molecule has 1 amide bonds. The minimum Gasteiger partial charge on any atom is -0.489 e. The first kappa shape index (κ1) is 18.2. The van der Waals surface area contributed by atoms with Crippen molar-refractivity contribution >= 4 is 22.9 Å². The number of aryl methyl sites for hydroxylation is 1. The number of hydrogen-bond acceptors (Lipinski definition) is 3. The summed E-state index contributed by atoms with van der Waals surface area (Å²) in [5.74, 6) is 1.26. The van der Waals surface area contributed by atoms with Gasteiger partial charge in [-0.3, -0.25) is 4.79 Å². The van der Waals surface area contributed by atoms with Gasteiger partial charge in [0, 0.05) is 11.3 Å². The number of carbonyl (C=O) groups is 1. The fourth-order valence-electron chi connectivity index (χ4n) is 2.60. The van der Waals surface area contributed by atoms with Gasteiger partial charge >= 0.3 is 0 Å². The number of anilines is 1. The van der Waals surface area contributed by atoms with Crippen molar-refractivity contribution < 1.29 is 9.53 Å². The average molecular weight is 365 g/mol. The van der Waals surface area contributed by atoms with E-state index >= 15 is 0 Å². The Morgan fingerprint density at radius 1 is 1.12 bits per heavy atom. The first-order valence-corrected chi connectivity index (χ1v) is 9.57. The van der Waals surface area contributed by atoms with Gasteiger partial charge in [-0.1, -0.05) is 38.1 Å². The Hall–Kier alpha value is -2.59. The number of rotatable bonds is 6. The standard InChI is InChI=1S/C22H23NO2S/c1-15(2)18-7-9-20(10-8-18)25-13-17-12-21(26-14-17)22(24)23-19-6-4-5-16(3)11-19/h4-12,14-15H,13H2,1-3H3,(H,23,24). The summed E-state index contributed by atoms with van der Waals surface area (Å²) < 4.78 is 5.83. The fraction of sp³-hybridized carbons (Fsp3) is 0.227. The molecular weight excluding hydrogens is 342 g/mol. The number of thiophene rings is 1. The van der Waals surface area contributed by atoms with Crippen LogP contribution in [-0.4, -0.2) is 5.91 Å². The van der Waals surface area contributed by atoms with E-state index in [2.05, 4.69) is 31.3 Å². The first-order chi connectivity index (χ1) is 12.5. The van der Waals surface area contributed by atoms with Crippen LogP contribution in [0.3, 0.4) is 0 Å². The minimum atomic E-state index is -0.0897. The summed E-state index contributed by atoms with van der Waals surface area (Å²) in [5, 5.41) is 4.90. The van der Waals surface area contributed by atoms with E-state index in [1.165, 1.54) is 16.9 Å². The molecule has 3 nitrogen and oxygen atoms in total. The summed E-state index contributed by atoms with van der Waals surface area (Å²) in [6, 6.07) is 17.8. The number of ether oxygens (including phenoxy) is 1. The Balaban J connectivity index is 1.58. The lowest BCUT2D eigenvalue weighted by Crippen LogP contribution is -2.10. The number of amides is 1. The predicted molar refractivity (Wildman–Crippen MR) is 108 cm³/mol. The Morgan fingerprint density at radius 2 is 1.88 bits per heavy atom. The van der Waals surface area contributed by atoms with E-state index in [1.54, 1.807) is 0 Å². The van der Waals surface area contributed by atoms with E-state index in [9.17, 15) is 4.79 Å². The molecule has 134 valence electrons. The molecule has 0 spiro atoms. The van der Waals surface area contributed by atoms with Gasteiger partial charge < -0.3 is 10.1 Å². The van der Waals surface area contributed by atoms with Crippen LogP contribution in [0.2, 0.25) is 0 Å². The highest BCUT2D eigenvalue weighted by Gasteiger charge is 2.10. The summed E-state index contributed by atoms with van der Waals surface area (Å²) in [6.07, 6.45) is 0. The molecule has 0 saturated carbocycles. The fourth-order valence-corrected chi connectivity index (χ4v) is 3.39. The van der Waals surface area contributed by atoms with Crippen LogP contribution in [0.4, 0.5) is 5.69 Å². The molecule has 1 aromatic heterocycles. The monoisotopic (exact) mass is 365 g/mol. The molecule has 0 aliphatic rings. The zero-order chi connectivity index (χ0) is 18.5. The van der Waals surface area contributed by atoms with E-state index in [4.69, 9.17) is 4.74 Å². The van der Waals surface area contributed by atoms with E-state index in [0.29, 0.717) is 17.4 Å². The third-order valence-electron chi connectivity index (χ3n) is 4.11. The number of hydrogen-bond donors (Lipinski definition) is 1. The number of nitrogens with one attached hydrogen (secondary N) is 1. The van der Waals surface area contributed by atoms with Crippen LogP contribution in [0.15, 0.2) is 60.0 Å². The van der Waals surface area contributed by atoms with Crippen LogP contribution in [-0.2, 0) is 6.61 Å². The lowest BCUT2D eigenvalue weighted by Gasteiger charge is -2.08. The maximum atomic E-state index is 12.4. The third-order valence-corrected chi connectivity index (χ3v) is 5.08. The van der Waals surface area contributed by atoms with Gasteiger partial charge in [-0.25, -0.2) is 0 Å². The Kier molecular flexibility index (Phi) is 5.74. The Bertz CT molecular complexity index is 881. The quantitative estimate of drug-likeness (QED) is 0.581. The molecule has 0 fully saturated rings.